The number of carbonyl (C=O) groups excluding carboxylic acids is 2. The van der Waals surface area contributed by atoms with E-state index in [0.717, 1.165) is 55.6 Å². The second-order valence-corrected chi connectivity index (χ2v) is 10.2. The molecule has 2 atom stereocenters. The highest BCUT2D eigenvalue weighted by atomic mass is 16.5. The van der Waals surface area contributed by atoms with E-state index in [4.69, 9.17) is 9.47 Å². The number of imidazole rings is 1. The fraction of sp³-hybridized carbons (Fsp3) is 0.783. The number of hydrogen-bond acceptors (Lipinski definition) is 4. The van der Waals surface area contributed by atoms with Gasteiger partial charge in [0.2, 0.25) is 13.1 Å². The van der Waals surface area contributed by atoms with E-state index in [1.165, 1.54) is 19.3 Å². The van der Waals surface area contributed by atoms with Crippen LogP contribution in [0.2, 0.25) is 0 Å². The van der Waals surface area contributed by atoms with E-state index in [1.807, 2.05) is 31.1 Å². The lowest BCUT2D eigenvalue weighted by atomic mass is 9.49. The van der Waals surface area contributed by atoms with Crippen LogP contribution in [0.1, 0.15) is 57.6 Å². The Morgan fingerprint density at radius 3 is 2.52 bits per heavy atom. The molecule has 158 valence electrons. The maximum Gasteiger partial charge on any atom is 0.315 e. The Hall–Kier alpha value is -1.85. The minimum Gasteiger partial charge on any atom is -0.465 e. The van der Waals surface area contributed by atoms with Gasteiger partial charge in [-0.2, -0.15) is 0 Å². The molecule has 0 amide bonds. The number of esters is 2. The number of carbonyl (C=O) groups is 2. The van der Waals surface area contributed by atoms with Crippen molar-refractivity contribution in [3.63, 3.8) is 0 Å². The van der Waals surface area contributed by atoms with Gasteiger partial charge in [-0.05, 0) is 62.7 Å². The van der Waals surface area contributed by atoms with E-state index >= 15 is 0 Å². The molecule has 4 saturated carbocycles. The van der Waals surface area contributed by atoms with Crippen molar-refractivity contribution in [2.24, 2.45) is 42.1 Å². The first-order valence-electron chi connectivity index (χ1n) is 11.3. The maximum atomic E-state index is 13.1. The smallest absolute Gasteiger partial charge is 0.315 e. The zero-order chi connectivity index (χ0) is 20.2. The number of cyclic esters (lactones) is 1. The molecule has 1 aliphatic heterocycles. The summed E-state index contributed by atoms with van der Waals surface area (Å²) in [4.78, 5) is 24.9. The molecule has 5 aliphatic rings. The van der Waals surface area contributed by atoms with Gasteiger partial charge in [0.25, 0.3) is 0 Å². The molecule has 6 rings (SSSR count). The monoisotopic (exact) mass is 401 g/mol. The van der Waals surface area contributed by atoms with Crippen molar-refractivity contribution >= 4 is 11.9 Å². The number of rotatable bonds is 6. The van der Waals surface area contributed by atoms with Crippen LogP contribution in [0.3, 0.4) is 0 Å². The minimum atomic E-state index is -0.206. The normalized spacial score (nSPS) is 37.7. The van der Waals surface area contributed by atoms with Crippen molar-refractivity contribution in [3.05, 3.63) is 18.2 Å². The molecule has 1 aromatic rings. The molecule has 1 aromatic heterocycles. The number of ether oxygens (including phenoxy) is 2. The molecule has 0 radical (unpaired) electrons. The molecule has 0 N–H and O–H groups in total. The average Bonchev–Trinajstić information content (AvgIpc) is 3.20. The third-order valence-corrected chi connectivity index (χ3v) is 8.13. The second kappa shape index (κ2) is 7.13. The summed E-state index contributed by atoms with van der Waals surface area (Å²) >= 11 is 0. The van der Waals surface area contributed by atoms with Crippen LogP contribution in [0.15, 0.2) is 12.5 Å². The Kier molecular flexibility index (Phi) is 4.71. The van der Waals surface area contributed by atoms with Gasteiger partial charge in [0.05, 0.1) is 25.0 Å². The fourth-order valence-corrected chi connectivity index (χ4v) is 7.10. The van der Waals surface area contributed by atoms with Crippen LogP contribution in [-0.2, 0) is 39.3 Å². The number of aryl methyl sites for hydroxylation is 1. The Morgan fingerprint density at radius 1 is 1.24 bits per heavy atom. The van der Waals surface area contributed by atoms with Gasteiger partial charge in [-0.1, -0.05) is 6.92 Å². The summed E-state index contributed by atoms with van der Waals surface area (Å²) in [5.74, 6) is 2.41. The van der Waals surface area contributed by atoms with Gasteiger partial charge < -0.3 is 9.47 Å². The van der Waals surface area contributed by atoms with Crippen molar-refractivity contribution < 1.29 is 23.6 Å². The predicted molar refractivity (Wildman–Crippen MR) is 104 cm³/mol. The van der Waals surface area contributed by atoms with Crippen LogP contribution < -0.4 is 4.57 Å². The summed E-state index contributed by atoms with van der Waals surface area (Å²) in [6, 6.07) is 0. The molecule has 0 spiro atoms. The average molecular weight is 402 g/mol. The molecule has 6 nitrogen and oxygen atoms in total. The quantitative estimate of drug-likeness (QED) is 0.543. The molecule has 4 aliphatic carbocycles. The standard InChI is InChI=1S/C23H33N2O4/c1-3-20-18(12-28-21(20)26)7-19-11-25(13-24(19)2)14-29-22(27)23-8-15-4-16(9-23)6-17(5-15)10-23/h11,13,15-18,20H,3-10,12,14H2,1-2H3/q+1/t15?,16?,17?,18-,20-,23?/m0/s1. The topological polar surface area (TPSA) is 61.4 Å². The van der Waals surface area contributed by atoms with E-state index in [9.17, 15) is 9.59 Å². The molecule has 5 fully saturated rings. The summed E-state index contributed by atoms with van der Waals surface area (Å²) in [5.41, 5.74) is 0.931. The molecule has 2 heterocycles. The van der Waals surface area contributed by atoms with E-state index < -0.39 is 0 Å². The van der Waals surface area contributed by atoms with Crippen LogP contribution in [-0.4, -0.2) is 23.1 Å². The number of nitrogens with zero attached hydrogens (tertiary/aromatic N) is 2. The summed E-state index contributed by atoms with van der Waals surface area (Å²) < 4.78 is 15.1. The first-order chi connectivity index (χ1) is 14.0. The number of aromatic nitrogens is 2. The third-order valence-electron chi connectivity index (χ3n) is 8.13. The van der Waals surface area contributed by atoms with E-state index in [-0.39, 0.29) is 35.9 Å². The summed E-state index contributed by atoms with van der Waals surface area (Å²) in [6.45, 7) is 2.81. The summed E-state index contributed by atoms with van der Waals surface area (Å²) in [6.07, 6.45) is 12.7. The van der Waals surface area contributed by atoms with Gasteiger partial charge >= 0.3 is 11.9 Å². The maximum absolute atomic E-state index is 13.1. The van der Waals surface area contributed by atoms with Crippen molar-refractivity contribution in [1.29, 1.82) is 0 Å². The van der Waals surface area contributed by atoms with Gasteiger partial charge in [0.15, 0.2) is 0 Å². The zero-order valence-electron chi connectivity index (χ0n) is 17.6. The van der Waals surface area contributed by atoms with Crippen LogP contribution in [0, 0.1) is 35.0 Å². The highest BCUT2D eigenvalue weighted by molar-refractivity contribution is 5.77. The van der Waals surface area contributed by atoms with Crippen LogP contribution in [0.25, 0.3) is 0 Å². The van der Waals surface area contributed by atoms with Gasteiger partial charge in [-0.15, -0.1) is 0 Å². The molecule has 4 bridgehead atoms. The molecular formula is C23H33N2O4+. The van der Waals surface area contributed by atoms with Gasteiger partial charge in [0.1, 0.15) is 11.9 Å². The van der Waals surface area contributed by atoms with E-state index in [0.29, 0.717) is 6.61 Å². The lowest BCUT2D eigenvalue weighted by Gasteiger charge is -2.55. The second-order valence-electron chi connectivity index (χ2n) is 10.2. The Balaban J connectivity index is 1.21. The number of hydrogen-bond donors (Lipinski definition) is 0. The van der Waals surface area contributed by atoms with Crippen molar-refractivity contribution in [1.82, 2.24) is 4.57 Å². The molecule has 0 unspecified atom stereocenters. The van der Waals surface area contributed by atoms with Crippen molar-refractivity contribution in [2.75, 3.05) is 6.61 Å². The van der Waals surface area contributed by atoms with Gasteiger partial charge in [-0.3, -0.25) is 9.59 Å². The SMILES string of the molecule is CC[C@@H]1C(=O)OC[C@@H]1Cc1c[n+](COC(=O)C23CC4CC(CC(C4)C2)C3)cn1C. The summed E-state index contributed by atoms with van der Waals surface area (Å²) in [7, 11) is 2.01. The van der Waals surface area contributed by atoms with Gasteiger partial charge in [-0.25, -0.2) is 9.13 Å². The van der Waals surface area contributed by atoms with Crippen LogP contribution in [0.4, 0.5) is 0 Å². The first-order valence-corrected chi connectivity index (χ1v) is 11.3. The van der Waals surface area contributed by atoms with E-state index in [1.54, 1.807) is 0 Å². The lowest BCUT2D eigenvalue weighted by molar-refractivity contribution is -0.727. The Bertz CT molecular complexity index is 779. The molecular weight excluding hydrogens is 368 g/mol. The van der Waals surface area contributed by atoms with Crippen molar-refractivity contribution in [2.45, 2.75) is 65.0 Å². The molecule has 1 saturated heterocycles. The van der Waals surface area contributed by atoms with Crippen LogP contribution in [0.5, 0.6) is 0 Å². The molecule has 29 heavy (non-hydrogen) atoms. The predicted octanol–water partition coefficient (Wildman–Crippen LogP) is 2.77. The van der Waals surface area contributed by atoms with Crippen LogP contribution >= 0.6 is 0 Å². The van der Waals surface area contributed by atoms with Gasteiger partial charge in [0, 0.05) is 12.3 Å². The van der Waals surface area contributed by atoms with Crippen molar-refractivity contribution in [3.8, 4) is 0 Å². The van der Waals surface area contributed by atoms with E-state index in [2.05, 4.69) is 4.57 Å². The Morgan fingerprint density at radius 2 is 1.90 bits per heavy atom. The summed E-state index contributed by atoms with van der Waals surface area (Å²) in [5, 5.41) is 0. The largest absolute Gasteiger partial charge is 0.465 e. The highest BCUT2D eigenvalue weighted by Gasteiger charge is 2.55. The molecule has 6 heteroatoms. The zero-order valence-corrected chi connectivity index (χ0v) is 17.6. The molecule has 0 aromatic carbocycles. The Labute approximate surface area is 172 Å². The first kappa shape index (κ1) is 19.1. The fourth-order valence-electron chi connectivity index (χ4n) is 7.10. The lowest BCUT2D eigenvalue weighted by Crippen LogP contribution is -2.51. The minimum absolute atomic E-state index is 0.00717. The highest BCUT2D eigenvalue weighted by Crippen LogP contribution is 2.60. The third kappa shape index (κ3) is 3.38.